The van der Waals surface area contributed by atoms with Crippen molar-refractivity contribution in [1.29, 1.82) is 0 Å². The lowest BCUT2D eigenvalue weighted by Crippen LogP contribution is -2.21. The highest BCUT2D eigenvalue weighted by atomic mass is 32.2. The molecule has 0 fully saturated rings. The summed E-state index contributed by atoms with van der Waals surface area (Å²) in [5, 5.41) is 5.13. The number of fused-ring (bicyclic) bond motifs is 1. The van der Waals surface area contributed by atoms with Crippen LogP contribution in [0.15, 0.2) is 41.7 Å². The van der Waals surface area contributed by atoms with Crippen molar-refractivity contribution in [3.8, 4) is 5.75 Å². The third-order valence-corrected chi connectivity index (χ3v) is 5.16. The number of aromatic nitrogens is 4. The Morgan fingerprint density at radius 1 is 1.19 bits per heavy atom. The molecule has 0 aliphatic heterocycles. The molecule has 3 rings (SSSR count). The summed E-state index contributed by atoms with van der Waals surface area (Å²) >= 11 is 0. The van der Waals surface area contributed by atoms with Crippen molar-refractivity contribution in [1.82, 2.24) is 19.7 Å². The van der Waals surface area contributed by atoms with E-state index in [2.05, 4.69) is 15.1 Å². The number of sulfone groups is 1. The van der Waals surface area contributed by atoms with E-state index in [9.17, 15) is 8.42 Å². The van der Waals surface area contributed by atoms with Crippen LogP contribution in [0.2, 0.25) is 0 Å². The molecule has 0 aliphatic carbocycles. The van der Waals surface area contributed by atoms with Crippen molar-refractivity contribution in [2.24, 2.45) is 7.05 Å². The molecule has 0 radical (unpaired) electrons. The van der Waals surface area contributed by atoms with Crippen molar-refractivity contribution in [2.75, 3.05) is 31.4 Å². The van der Waals surface area contributed by atoms with Gasteiger partial charge in [-0.2, -0.15) is 5.10 Å². The predicted molar refractivity (Wildman–Crippen MR) is 99.2 cm³/mol. The molecule has 9 heteroatoms. The Labute approximate surface area is 152 Å². The highest BCUT2D eigenvalue weighted by molar-refractivity contribution is 7.90. The molecule has 2 heterocycles. The largest absolute Gasteiger partial charge is 0.494 e. The molecule has 138 valence electrons. The molecule has 0 bridgehead atoms. The summed E-state index contributed by atoms with van der Waals surface area (Å²) in [5.41, 5.74) is 0.795. The van der Waals surface area contributed by atoms with Gasteiger partial charge in [-0.15, -0.1) is 0 Å². The zero-order chi connectivity index (χ0) is 18.7. The fraction of sp³-hybridized carbons (Fsp3) is 0.353. The minimum Gasteiger partial charge on any atom is -0.494 e. The van der Waals surface area contributed by atoms with Crippen molar-refractivity contribution in [3.05, 3.63) is 36.8 Å². The van der Waals surface area contributed by atoms with Gasteiger partial charge < -0.3 is 9.64 Å². The number of rotatable bonds is 7. The van der Waals surface area contributed by atoms with Crippen LogP contribution in [0.4, 0.5) is 5.82 Å². The van der Waals surface area contributed by atoms with E-state index in [1.165, 1.54) is 12.6 Å². The van der Waals surface area contributed by atoms with Crippen LogP contribution in [-0.2, 0) is 16.9 Å². The summed E-state index contributed by atoms with van der Waals surface area (Å²) in [6, 6.07) is 6.45. The molecule has 8 nitrogen and oxygen atoms in total. The predicted octanol–water partition coefficient (Wildman–Crippen LogP) is 1.67. The number of hydrogen-bond acceptors (Lipinski definition) is 7. The average Bonchev–Trinajstić information content (AvgIpc) is 2.99. The first kappa shape index (κ1) is 18.1. The maximum absolute atomic E-state index is 11.4. The van der Waals surface area contributed by atoms with Crippen LogP contribution in [0.3, 0.4) is 0 Å². The second kappa shape index (κ2) is 7.28. The summed E-state index contributed by atoms with van der Waals surface area (Å²) in [6.07, 6.45) is 5.28. The van der Waals surface area contributed by atoms with E-state index in [1.807, 2.05) is 19.0 Å². The van der Waals surface area contributed by atoms with Crippen LogP contribution in [0.25, 0.3) is 11.0 Å². The van der Waals surface area contributed by atoms with Crippen LogP contribution < -0.4 is 9.64 Å². The van der Waals surface area contributed by atoms with Crippen LogP contribution >= 0.6 is 0 Å². The maximum Gasteiger partial charge on any atom is 0.175 e. The lowest BCUT2D eigenvalue weighted by Gasteiger charge is -2.18. The Bertz CT molecular complexity index is 999. The minimum atomic E-state index is -3.18. The molecule has 0 amide bonds. The number of benzene rings is 1. The van der Waals surface area contributed by atoms with Crippen LogP contribution in [0, 0.1) is 0 Å². The third kappa shape index (κ3) is 3.93. The molecule has 0 aliphatic rings. The van der Waals surface area contributed by atoms with Gasteiger partial charge in [-0.05, 0) is 30.7 Å². The van der Waals surface area contributed by atoms with Gasteiger partial charge in [0.15, 0.2) is 15.5 Å². The Morgan fingerprint density at radius 2 is 1.92 bits per heavy atom. The second-order valence-corrected chi connectivity index (χ2v) is 8.09. The molecular weight excluding hydrogens is 354 g/mol. The van der Waals surface area contributed by atoms with E-state index < -0.39 is 9.84 Å². The second-order valence-electron chi connectivity index (χ2n) is 6.07. The SMILES string of the molecule is CN(CCCOc1ccc(S(C)(=O)=O)cc1)c1ncnc2c1cnn2C. The normalized spacial score (nSPS) is 11.7. The lowest BCUT2D eigenvalue weighted by molar-refractivity contribution is 0.312. The van der Waals surface area contributed by atoms with Gasteiger partial charge in [0.05, 0.1) is 23.1 Å². The molecule has 26 heavy (non-hydrogen) atoms. The van der Waals surface area contributed by atoms with Crippen LogP contribution in [-0.4, -0.2) is 54.6 Å². The Morgan fingerprint density at radius 3 is 2.62 bits per heavy atom. The molecule has 0 N–H and O–H groups in total. The van der Waals surface area contributed by atoms with Gasteiger partial charge in [-0.25, -0.2) is 18.4 Å². The smallest absolute Gasteiger partial charge is 0.175 e. The standard InChI is InChI=1S/C17H21N5O3S/c1-21(16-15-11-20-22(2)17(15)19-12-18-16)9-4-10-25-13-5-7-14(8-6-13)26(3,23)24/h5-8,11-12H,4,9-10H2,1-3H3. The molecule has 0 saturated carbocycles. The van der Waals surface area contributed by atoms with Crippen molar-refractivity contribution in [2.45, 2.75) is 11.3 Å². The van der Waals surface area contributed by atoms with E-state index >= 15 is 0 Å². The highest BCUT2D eigenvalue weighted by Crippen LogP contribution is 2.21. The zero-order valence-corrected chi connectivity index (χ0v) is 15.8. The summed E-state index contributed by atoms with van der Waals surface area (Å²) in [7, 11) is 0.633. The van der Waals surface area contributed by atoms with Crippen molar-refractivity contribution in [3.63, 3.8) is 0 Å². The summed E-state index contributed by atoms with van der Waals surface area (Å²) in [4.78, 5) is 10.9. The maximum atomic E-state index is 11.4. The number of anilines is 1. The van der Waals surface area contributed by atoms with Gasteiger partial charge in [0.1, 0.15) is 17.9 Å². The molecule has 0 unspecified atom stereocenters. The van der Waals surface area contributed by atoms with E-state index in [4.69, 9.17) is 4.74 Å². The van der Waals surface area contributed by atoms with E-state index in [0.29, 0.717) is 12.4 Å². The molecule has 2 aromatic heterocycles. The van der Waals surface area contributed by atoms with E-state index in [-0.39, 0.29) is 4.90 Å². The molecule has 0 spiro atoms. The first-order valence-corrected chi connectivity index (χ1v) is 10.0. The number of nitrogens with zero attached hydrogens (tertiary/aromatic N) is 5. The van der Waals surface area contributed by atoms with Gasteiger partial charge in [0.2, 0.25) is 0 Å². The lowest BCUT2D eigenvalue weighted by atomic mass is 10.3. The zero-order valence-electron chi connectivity index (χ0n) is 15.0. The molecule has 3 aromatic rings. The first-order valence-electron chi connectivity index (χ1n) is 8.13. The van der Waals surface area contributed by atoms with Gasteiger partial charge in [-0.1, -0.05) is 0 Å². The minimum absolute atomic E-state index is 0.286. The number of ether oxygens (including phenoxy) is 1. The van der Waals surface area contributed by atoms with Gasteiger partial charge in [-0.3, -0.25) is 4.68 Å². The molecular formula is C17H21N5O3S. The van der Waals surface area contributed by atoms with Gasteiger partial charge >= 0.3 is 0 Å². The van der Waals surface area contributed by atoms with Crippen molar-refractivity contribution >= 4 is 26.7 Å². The number of hydrogen-bond donors (Lipinski definition) is 0. The monoisotopic (exact) mass is 375 g/mol. The first-order chi connectivity index (χ1) is 12.4. The summed E-state index contributed by atoms with van der Waals surface area (Å²) < 4.78 is 30.3. The fourth-order valence-electron chi connectivity index (χ4n) is 2.63. The topological polar surface area (TPSA) is 90.2 Å². The highest BCUT2D eigenvalue weighted by Gasteiger charge is 2.11. The molecule has 1 aromatic carbocycles. The molecule has 0 saturated heterocycles. The van der Waals surface area contributed by atoms with Crippen molar-refractivity contribution < 1.29 is 13.2 Å². The Hall–Kier alpha value is -2.68. The summed E-state index contributed by atoms with van der Waals surface area (Å²) in [6.45, 7) is 1.27. The average molecular weight is 375 g/mol. The van der Waals surface area contributed by atoms with E-state index in [0.717, 1.165) is 29.8 Å². The molecule has 0 atom stereocenters. The van der Waals surface area contributed by atoms with E-state index in [1.54, 1.807) is 35.1 Å². The summed E-state index contributed by atoms with van der Waals surface area (Å²) in [5.74, 6) is 1.48. The fourth-order valence-corrected chi connectivity index (χ4v) is 3.27. The van der Waals surface area contributed by atoms with Gasteiger partial charge in [0.25, 0.3) is 0 Å². The van der Waals surface area contributed by atoms with Gasteiger partial charge in [0, 0.05) is 26.9 Å². The Balaban J connectivity index is 1.54. The third-order valence-electron chi connectivity index (χ3n) is 4.03. The van der Waals surface area contributed by atoms with Crippen LogP contribution in [0.5, 0.6) is 5.75 Å². The Kier molecular flexibility index (Phi) is 5.08. The quantitative estimate of drug-likeness (QED) is 0.580. The number of aryl methyl sites for hydroxylation is 1. The van der Waals surface area contributed by atoms with Crippen LogP contribution in [0.1, 0.15) is 6.42 Å².